The van der Waals surface area contributed by atoms with Crippen molar-refractivity contribution < 1.29 is 14.3 Å². The van der Waals surface area contributed by atoms with Crippen molar-refractivity contribution >= 4 is 5.91 Å². The first-order chi connectivity index (χ1) is 9.21. The normalized spacial score (nSPS) is 11.7. The van der Waals surface area contributed by atoms with Crippen LogP contribution in [0.1, 0.15) is 33.1 Å². The van der Waals surface area contributed by atoms with Gasteiger partial charge in [0.2, 0.25) is 0 Å². The summed E-state index contributed by atoms with van der Waals surface area (Å²) in [5.74, 6) is 6.25. The molecule has 0 saturated carbocycles. The quantitative estimate of drug-likeness (QED) is 0.429. The molecule has 0 aliphatic rings. The molecule has 19 heavy (non-hydrogen) atoms. The highest BCUT2D eigenvalue weighted by Crippen LogP contribution is 2.19. The van der Waals surface area contributed by atoms with E-state index in [0.29, 0.717) is 18.8 Å². The third-order valence-electron chi connectivity index (χ3n) is 2.56. The Balaban J connectivity index is 2.61. The zero-order valence-electron chi connectivity index (χ0n) is 11.5. The molecule has 0 aliphatic heterocycles. The highest BCUT2D eigenvalue weighted by molar-refractivity contribution is 5.80. The maximum absolute atomic E-state index is 11.5. The standard InChI is InChI=1S/C14H22N2O3/c1-3-5-13(14(17)16-15)19-12-8-6-11(7-9-12)18-10-4-2/h6-9,13H,3-5,10,15H2,1-2H3,(H,16,17). The summed E-state index contributed by atoms with van der Waals surface area (Å²) >= 11 is 0. The Labute approximate surface area is 114 Å². The minimum absolute atomic E-state index is 0.312. The summed E-state index contributed by atoms with van der Waals surface area (Å²) in [7, 11) is 0. The van der Waals surface area contributed by atoms with E-state index in [9.17, 15) is 4.79 Å². The summed E-state index contributed by atoms with van der Waals surface area (Å²) < 4.78 is 11.1. The molecule has 1 aromatic carbocycles. The first kappa shape index (κ1) is 15.3. The van der Waals surface area contributed by atoms with Crippen LogP contribution in [0.3, 0.4) is 0 Å². The molecule has 1 aromatic rings. The number of nitrogens with two attached hydrogens (primary N) is 1. The average molecular weight is 266 g/mol. The second-order valence-electron chi connectivity index (χ2n) is 4.22. The van der Waals surface area contributed by atoms with Crippen LogP contribution in [0.2, 0.25) is 0 Å². The molecular weight excluding hydrogens is 244 g/mol. The smallest absolute Gasteiger partial charge is 0.274 e. The van der Waals surface area contributed by atoms with Crippen LogP contribution in [0.5, 0.6) is 11.5 Å². The monoisotopic (exact) mass is 266 g/mol. The number of hydrogen-bond donors (Lipinski definition) is 2. The van der Waals surface area contributed by atoms with Crippen molar-refractivity contribution in [1.82, 2.24) is 5.43 Å². The number of carbonyl (C=O) groups excluding carboxylic acids is 1. The lowest BCUT2D eigenvalue weighted by Gasteiger charge is -2.17. The van der Waals surface area contributed by atoms with Crippen molar-refractivity contribution in [1.29, 1.82) is 0 Å². The largest absolute Gasteiger partial charge is 0.494 e. The summed E-state index contributed by atoms with van der Waals surface area (Å²) in [6, 6.07) is 7.23. The van der Waals surface area contributed by atoms with Gasteiger partial charge in [0.25, 0.3) is 5.91 Å². The number of amides is 1. The van der Waals surface area contributed by atoms with Gasteiger partial charge in [0.1, 0.15) is 11.5 Å². The first-order valence-corrected chi connectivity index (χ1v) is 6.61. The van der Waals surface area contributed by atoms with Crippen molar-refractivity contribution in [2.45, 2.75) is 39.2 Å². The summed E-state index contributed by atoms with van der Waals surface area (Å²) in [5, 5.41) is 0. The van der Waals surface area contributed by atoms with E-state index in [4.69, 9.17) is 15.3 Å². The fourth-order valence-corrected chi connectivity index (χ4v) is 1.60. The van der Waals surface area contributed by atoms with Crippen molar-refractivity contribution in [3.63, 3.8) is 0 Å². The molecule has 0 heterocycles. The molecule has 3 N–H and O–H groups in total. The third-order valence-corrected chi connectivity index (χ3v) is 2.56. The Hall–Kier alpha value is -1.75. The van der Waals surface area contributed by atoms with Gasteiger partial charge >= 0.3 is 0 Å². The number of hydrazine groups is 1. The molecule has 0 spiro atoms. The Morgan fingerprint density at radius 3 is 2.37 bits per heavy atom. The van der Waals surface area contributed by atoms with Gasteiger partial charge in [-0.1, -0.05) is 20.3 Å². The van der Waals surface area contributed by atoms with Crippen molar-refractivity contribution in [3.8, 4) is 11.5 Å². The SMILES string of the molecule is CCCOc1ccc(OC(CCC)C(=O)NN)cc1. The molecule has 5 heteroatoms. The second-order valence-corrected chi connectivity index (χ2v) is 4.22. The van der Waals surface area contributed by atoms with Crippen LogP contribution >= 0.6 is 0 Å². The van der Waals surface area contributed by atoms with Gasteiger partial charge in [-0.05, 0) is 37.1 Å². The van der Waals surface area contributed by atoms with Gasteiger partial charge in [0.05, 0.1) is 6.61 Å². The number of ether oxygens (including phenoxy) is 2. The van der Waals surface area contributed by atoms with Crippen LogP contribution in [0.4, 0.5) is 0 Å². The van der Waals surface area contributed by atoms with Gasteiger partial charge in [0, 0.05) is 0 Å². The van der Waals surface area contributed by atoms with E-state index in [0.717, 1.165) is 18.6 Å². The van der Waals surface area contributed by atoms with Crippen LogP contribution in [0, 0.1) is 0 Å². The number of rotatable bonds is 8. The molecule has 0 saturated heterocycles. The predicted octanol–water partition coefficient (Wildman–Crippen LogP) is 2.01. The molecule has 0 bridgehead atoms. The van der Waals surface area contributed by atoms with Gasteiger partial charge in [-0.3, -0.25) is 10.2 Å². The van der Waals surface area contributed by atoms with E-state index >= 15 is 0 Å². The van der Waals surface area contributed by atoms with Gasteiger partial charge in [-0.15, -0.1) is 0 Å². The Kier molecular flexibility index (Phi) is 6.74. The Bertz CT molecular complexity index is 379. The fourth-order valence-electron chi connectivity index (χ4n) is 1.60. The van der Waals surface area contributed by atoms with Crippen LogP contribution in [0.25, 0.3) is 0 Å². The summed E-state index contributed by atoms with van der Waals surface area (Å²) in [4.78, 5) is 11.5. The molecule has 5 nitrogen and oxygen atoms in total. The maximum Gasteiger partial charge on any atom is 0.274 e. The third kappa shape index (κ3) is 5.18. The predicted molar refractivity (Wildman–Crippen MR) is 73.9 cm³/mol. The number of hydrogen-bond acceptors (Lipinski definition) is 4. The number of benzene rings is 1. The molecule has 0 aromatic heterocycles. The molecule has 1 rings (SSSR count). The Morgan fingerprint density at radius 2 is 1.84 bits per heavy atom. The van der Waals surface area contributed by atoms with Gasteiger partial charge in [0.15, 0.2) is 6.10 Å². The van der Waals surface area contributed by atoms with E-state index < -0.39 is 6.10 Å². The second kappa shape index (κ2) is 8.37. The molecule has 1 unspecified atom stereocenters. The number of carbonyl (C=O) groups is 1. The molecule has 0 aliphatic carbocycles. The minimum Gasteiger partial charge on any atom is -0.494 e. The summed E-state index contributed by atoms with van der Waals surface area (Å²) in [6.45, 7) is 4.73. The highest BCUT2D eigenvalue weighted by Gasteiger charge is 2.18. The number of nitrogens with one attached hydrogen (secondary N) is 1. The molecule has 1 amide bonds. The van der Waals surface area contributed by atoms with Gasteiger partial charge < -0.3 is 9.47 Å². The highest BCUT2D eigenvalue weighted by atomic mass is 16.5. The fraction of sp³-hybridized carbons (Fsp3) is 0.500. The summed E-state index contributed by atoms with van der Waals surface area (Å²) in [5.41, 5.74) is 2.12. The lowest BCUT2D eigenvalue weighted by atomic mass is 10.2. The Morgan fingerprint density at radius 1 is 1.21 bits per heavy atom. The van der Waals surface area contributed by atoms with Crippen LogP contribution in [0.15, 0.2) is 24.3 Å². The molecule has 106 valence electrons. The van der Waals surface area contributed by atoms with E-state index in [-0.39, 0.29) is 5.91 Å². The van der Waals surface area contributed by atoms with Gasteiger partial charge in [-0.2, -0.15) is 0 Å². The topological polar surface area (TPSA) is 73.6 Å². The van der Waals surface area contributed by atoms with Crippen molar-refractivity contribution in [2.75, 3.05) is 6.61 Å². The molecule has 0 fully saturated rings. The molecule has 0 radical (unpaired) electrons. The van der Waals surface area contributed by atoms with Gasteiger partial charge in [-0.25, -0.2) is 5.84 Å². The maximum atomic E-state index is 11.5. The minimum atomic E-state index is -0.558. The van der Waals surface area contributed by atoms with E-state index in [2.05, 4.69) is 12.3 Å². The first-order valence-electron chi connectivity index (χ1n) is 6.61. The zero-order valence-corrected chi connectivity index (χ0v) is 11.5. The van der Waals surface area contributed by atoms with Crippen molar-refractivity contribution in [3.05, 3.63) is 24.3 Å². The lowest BCUT2D eigenvalue weighted by molar-refractivity contribution is -0.128. The summed E-state index contributed by atoms with van der Waals surface area (Å²) in [6.07, 6.45) is 1.87. The molecule has 1 atom stereocenters. The molecular formula is C14H22N2O3. The van der Waals surface area contributed by atoms with Crippen molar-refractivity contribution in [2.24, 2.45) is 5.84 Å². The van der Waals surface area contributed by atoms with Crippen LogP contribution in [-0.2, 0) is 4.79 Å². The lowest BCUT2D eigenvalue weighted by Crippen LogP contribution is -2.42. The zero-order chi connectivity index (χ0) is 14.1. The van der Waals surface area contributed by atoms with Crippen LogP contribution < -0.4 is 20.7 Å². The average Bonchev–Trinajstić information content (AvgIpc) is 2.45. The van der Waals surface area contributed by atoms with Crippen LogP contribution in [-0.4, -0.2) is 18.6 Å². The van der Waals surface area contributed by atoms with E-state index in [1.165, 1.54) is 0 Å². The van der Waals surface area contributed by atoms with E-state index in [1.54, 1.807) is 12.1 Å². The van der Waals surface area contributed by atoms with E-state index in [1.807, 2.05) is 19.1 Å².